The first-order chi connectivity index (χ1) is 13.1. The second kappa shape index (κ2) is 6.79. The SMILES string of the molecule is CCc1nc2ccccc2c(=O)n1CCCN1C(=O)c2ccccc2C1=O. The third-order valence-electron chi connectivity index (χ3n) is 4.90. The smallest absolute Gasteiger partial charge is 0.261 e. The molecule has 27 heavy (non-hydrogen) atoms. The van der Waals surface area contributed by atoms with Crippen molar-refractivity contribution in [1.29, 1.82) is 0 Å². The summed E-state index contributed by atoms with van der Waals surface area (Å²) in [6.45, 7) is 2.64. The lowest BCUT2D eigenvalue weighted by atomic mass is 10.1. The van der Waals surface area contributed by atoms with Gasteiger partial charge in [-0.3, -0.25) is 23.9 Å². The Hall–Kier alpha value is -3.28. The van der Waals surface area contributed by atoms with Gasteiger partial charge >= 0.3 is 0 Å². The van der Waals surface area contributed by atoms with Crippen LogP contribution in [-0.4, -0.2) is 32.8 Å². The third-order valence-corrected chi connectivity index (χ3v) is 4.90. The van der Waals surface area contributed by atoms with Crippen LogP contribution in [0.5, 0.6) is 0 Å². The fourth-order valence-corrected chi connectivity index (χ4v) is 3.54. The van der Waals surface area contributed by atoms with Crippen molar-refractivity contribution in [2.45, 2.75) is 26.3 Å². The summed E-state index contributed by atoms with van der Waals surface area (Å²) in [7, 11) is 0. The predicted octanol–water partition coefficient (Wildman–Crippen LogP) is 2.65. The number of imide groups is 1. The molecule has 2 heterocycles. The minimum absolute atomic E-state index is 0.0835. The van der Waals surface area contributed by atoms with E-state index in [0.29, 0.717) is 47.2 Å². The molecule has 4 rings (SSSR count). The molecule has 3 aromatic rings. The lowest BCUT2D eigenvalue weighted by molar-refractivity contribution is 0.0650. The Morgan fingerprint density at radius 1 is 0.852 bits per heavy atom. The van der Waals surface area contributed by atoms with Gasteiger partial charge in [0.2, 0.25) is 0 Å². The Balaban J connectivity index is 1.55. The maximum absolute atomic E-state index is 12.8. The van der Waals surface area contributed by atoms with Crippen molar-refractivity contribution in [3.8, 4) is 0 Å². The van der Waals surface area contributed by atoms with E-state index in [0.717, 1.165) is 0 Å². The number of fused-ring (bicyclic) bond motifs is 2. The number of carbonyl (C=O) groups excluding carboxylic acids is 2. The van der Waals surface area contributed by atoms with Gasteiger partial charge in [0.05, 0.1) is 22.0 Å². The van der Waals surface area contributed by atoms with Crippen molar-refractivity contribution in [2.24, 2.45) is 0 Å². The highest BCUT2D eigenvalue weighted by molar-refractivity contribution is 6.21. The van der Waals surface area contributed by atoms with E-state index in [2.05, 4.69) is 4.98 Å². The van der Waals surface area contributed by atoms with E-state index >= 15 is 0 Å². The summed E-state index contributed by atoms with van der Waals surface area (Å²) in [4.78, 5) is 43.5. The topological polar surface area (TPSA) is 72.3 Å². The van der Waals surface area contributed by atoms with Crippen LogP contribution in [0.4, 0.5) is 0 Å². The number of aryl methyl sites for hydroxylation is 1. The zero-order valence-electron chi connectivity index (χ0n) is 15.0. The molecule has 0 saturated heterocycles. The van der Waals surface area contributed by atoms with Gasteiger partial charge in [-0.05, 0) is 30.7 Å². The van der Waals surface area contributed by atoms with Crippen molar-refractivity contribution in [3.63, 3.8) is 0 Å². The van der Waals surface area contributed by atoms with E-state index in [-0.39, 0.29) is 23.9 Å². The molecule has 1 aromatic heterocycles. The number of hydrogen-bond donors (Lipinski definition) is 0. The van der Waals surface area contributed by atoms with Crippen LogP contribution >= 0.6 is 0 Å². The van der Waals surface area contributed by atoms with Gasteiger partial charge in [-0.15, -0.1) is 0 Å². The molecular formula is C21H19N3O3. The molecule has 0 radical (unpaired) electrons. The van der Waals surface area contributed by atoms with E-state index in [1.54, 1.807) is 34.9 Å². The van der Waals surface area contributed by atoms with Crippen molar-refractivity contribution in [1.82, 2.24) is 14.5 Å². The van der Waals surface area contributed by atoms with E-state index < -0.39 is 0 Å². The quantitative estimate of drug-likeness (QED) is 0.655. The number of rotatable bonds is 5. The van der Waals surface area contributed by atoms with Crippen LogP contribution in [-0.2, 0) is 13.0 Å². The van der Waals surface area contributed by atoms with E-state index in [4.69, 9.17) is 0 Å². The summed E-state index contributed by atoms with van der Waals surface area (Å²) in [6, 6.07) is 14.1. The van der Waals surface area contributed by atoms with Crippen LogP contribution < -0.4 is 5.56 Å². The summed E-state index contributed by atoms with van der Waals surface area (Å²) < 4.78 is 1.65. The van der Waals surface area contributed by atoms with Gasteiger partial charge in [0.25, 0.3) is 17.4 Å². The highest BCUT2D eigenvalue weighted by atomic mass is 16.2. The predicted molar refractivity (Wildman–Crippen MR) is 102 cm³/mol. The molecule has 0 aliphatic carbocycles. The number of hydrogen-bond acceptors (Lipinski definition) is 4. The largest absolute Gasteiger partial charge is 0.296 e. The highest BCUT2D eigenvalue weighted by Gasteiger charge is 2.34. The monoisotopic (exact) mass is 361 g/mol. The average molecular weight is 361 g/mol. The average Bonchev–Trinajstić information content (AvgIpc) is 2.94. The number of amides is 2. The molecule has 6 nitrogen and oxygen atoms in total. The van der Waals surface area contributed by atoms with Crippen molar-refractivity contribution < 1.29 is 9.59 Å². The second-order valence-corrected chi connectivity index (χ2v) is 6.52. The molecular weight excluding hydrogens is 342 g/mol. The Kier molecular flexibility index (Phi) is 4.32. The highest BCUT2D eigenvalue weighted by Crippen LogP contribution is 2.22. The van der Waals surface area contributed by atoms with Crippen LogP contribution in [0.25, 0.3) is 10.9 Å². The molecule has 136 valence electrons. The second-order valence-electron chi connectivity index (χ2n) is 6.52. The van der Waals surface area contributed by atoms with E-state index in [1.807, 2.05) is 25.1 Å². The third kappa shape index (κ3) is 2.83. The summed E-state index contributed by atoms with van der Waals surface area (Å²) in [6.07, 6.45) is 1.13. The number of carbonyl (C=O) groups is 2. The molecule has 0 spiro atoms. The first-order valence-electron chi connectivity index (χ1n) is 9.05. The summed E-state index contributed by atoms with van der Waals surface area (Å²) in [5.41, 5.74) is 1.50. The maximum atomic E-state index is 12.8. The molecule has 2 amide bonds. The molecule has 1 aliphatic heterocycles. The standard InChI is InChI=1S/C21H19N3O3/c1-2-18-22-17-11-6-5-10-16(17)21(27)23(18)12-7-13-24-19(25)14-8-3-4-9-15(14)20(24)26/h3-6,8-11H,2,7,12-13H2,1H3. The van der Waals surface area contributed by atoms with Gasteiger partial charge in [-0.25, -0.2) is 4.98 Å². The molecule has 0 unspecified atom stereocenters. The lowest BCUT2D eigenvalue weighted by Gasteiger charge is -2.16. The van der Waals surface area contributed by atoms with Crippen molar-refractivity contribution in [2.75, 3.05) is 6.54 Å². The van der Waals surface area contributed by atoms with Crippen LogP contribution in [0, 0.1) is 0 Å². The van der Waals surface area contributed by atoms with Crippen LogP contribution in [0.1, 0.15) is 39.9 Å². The fraction of sp³-hybridized carbons (Fsp3) is 0.238. The van der Waals surface area contributed by atoms with E-state index in [9.17, 15) is 14.4 Å². The molecule has 0 N–H and O–H groups in total. The fourth-order valence-electron chi connectivity index (χ4n) is 3.54. The van der Waals surface area contributed by atoms with Crippen molar-refractivity contribution in [3.05, 3.63) is 75.8 Å². The number of benzene rings is 2. The number of para-hydroxylation sites is 1. The normalized spacial score (nSPS) is 13.4. The van der Waals surface area contributed by atoms with Gasteiger partial charge in [-0.1, -0.05) is 31.2 Å². The molecule has 2 aromatic carbocycles. The molecule has 1 aliphatic rings. The maximum Gasteiger partial charge on any atom is 0.261 e. The Bertz CT molecular complexity index is 1080. The van der Waals surface area contributed by atoms with Gasteiger partial charge in [-0.2, -0.15) is 0 Å². The van der Waals surface area contributed by atoms with Crippen molar-refractivity contribution >= 4 is 22.7 Å². The molecule has 0 bridgehead atoms. The first kappa shape index (κ1) is 17.1. The minimum Gasteiger partial charge on any atom is -0.296 e. The number of nitrogens with zero attached hydrogens (tertiary/aromatic N) is 3. The Morgan fingerprint density at radius 2 is 1.48 bits per heavy atom. The summed E-state index contributed by atoms with van der Waals surface area (Å²) in [5.74, 6) is 0.173. The zero-order valence-corrected chi connectivity index (χ0v) is 15.0. The van der Waals surface area contributed by atoms with Gasteiger partial charge < -0.3 is 0 Å². The van der Waals surface area contributed by atoms with E-state index in [1.165, 1.54) is 4.90 Å². The molecule has 0 saturated carbocycles. The van der Waals surface area contributed by atoms with Gasteiger partial charge in [0, 0.05) is 19.5 Å². The first-order valence-corrected chi connectivity index (χ1v) is 9.05. The molecule has 0 fully saturated rings. The summed E-state index contributed by atoms with van der Waals surface area (Å²) >= 11 is 0. The molecule has 6 heteroatoms. The zero-order chi connectivity index (χ0) is 19.0. The van der Waals surface area contributed by atoms with Gasteiger partial charge in [0.1, 0.15) is 5.82 Å². The number of aromatic nitrogens is 2. The van der Waals surface area contributed by atoms with Crippen LogP contribution in [0.15, 0.2) is 53.3 Å². The summed E-state index contributed by atoms with van der Waals surface area (Å²) in [5, 5.41) is 0.579. The Morgan fingerprint density at radius 3 is 2.15 bits per heavy atom. The van der Waals surface area contributed by atoms with Crippen LogP contribution in [0.2, 0.25) is 0 Å². The van der Waals surface area contributed by atoms with Gasteiger partial charge in [0.15, 0.2) is 0 Å². The molecule has 0 atom stereocenters. The lowest BCUT2D eigenvalue weighted by Crippen LogP contribution is -2.32. The Labute approximate surface area is 156 Å². The van der Waals surface area contributed by atoms with Crippen LogP contribution in [0.3, 0.4) is 0 Å². The minimum atomic E-state index is -0.268.